The lowest BCUT2D eigenvalue weighted by Gasteiger charge is -2.18. The van der Waals surface area contributed by atoms with Crippen molar-refractivity contribution in [2.24, 2.45) is 0 Å². The molecule has 1 unspecified atom stereocenters. The van der Waals surface area contributed by atoms with E-state index in [1.165, 1.54) is 42.5 Å². The molecule has 1 N–H and O–H groups in total. The molecule has 1 aromatic heterocycles. The molecule has 166 valence electrons. The van der Waals surface area contributed by atoms with Gasteiger partial charge in [-0.25, -0.2) is 4.39 Å². The van der Waals surface area contributed by atoms with Gasteiger partial charge in [0.2, 0.25) is 5.76 Å². The molecule has 32 heavy (non-hydrogen) atoms. The van der Waals surface area contributed by atoms with Gasteiger partial charge in [-0.1, -0.05) is 35.5 Å². The van der Waals surface area contributed by atoms with Crippen LogP contribution in [0.25, 0.3) is 11.3 Å². The third-order valence-electron chi connectivity index (χ3n) is 4.41. The number of nitro groups is 1. The Morgan fingerprint density at radius 3 is 2.62 bits per heavy atom. The molecule has 0 saturated carbocycles. The molecule has 0 radical (unpaired) electrons. The zero-order valence-corrected chi connectivity index (χ0v) is 17.3. The first-order valence-electron chi connectivity index (χ1n) is 9.71. The number of carbonyl (C=O) groups is 2. The highest BCUT2D eigenvalue weighted by molar-refractivity contribution is 5.93. The summed E-state index contributed by atoms with van der Waals surface area (Å²) in [4.78, 5) is 35.9. The Balaban J connectivity index is 1.87. The Labute approximate surface area is 182 Å². The van der Waals surface area contributed by atoms with Gasteiger partial charge in [-0.05, 0) is 26.0 Å². The van der Waals surface area contributed by atoms with Crippen LogP contribution in [0.15, 0.2) is 59.1 Å². The molecule has 0 spiro atoms. The van der Waals surface area contributed by atoms with E-state index in [1.54, 1.807) is 26.0 Å². The second-order valence-corrected chi connectivity index (χ2v) is 7.17. The number of aromatic nitrogens is 1. The van der Waals surface area contributed by atoms with Crippen LogP contribution in [-0.4, -0.2) is 28.1 Å². The van der Waals surface area contributed by atoms with E-state index in [0.717, 1.165) is 0 Å². The summed E-state index contributed by atoms with van der Waals surface area (Å²) >= 11 is 0. The van der Waals surface area contributed by atoms with Crippen LogP contribution in [0.2, 0.25) is 0 Å². The molecular weight excluding hydrogens is 421 g/mol. The first-order valence-corrected chi connectivity index (χ1v) is 9.71. The summed E-state index contributed by atoms with van der Waals surface area (Å²) in [6, 6.07) is 11.6. The fourth-order valence-electron chi connectivity index (χ4n) is 3.06. The van der Waals surface area contributed by atoms with Crippen LogP contribution >= 0.6 is 0 Å². The van der Waals surface area contributed by atoms with Crippen molar-refractivity contribution in [1.29, 1.82) is 0 Å². The van der Waals surface area contributed by atoms with Gasteiger partial charge in [-0.15, -0.1) is 0 Å². The molecule has 3 aromatic rings. The van der Waals surface area contributed by atoms with Crippen molar-refractivity contribution in [3.8, 4) is 11.3 Å². The maximum absolute atomic E-state index is 13.5. The number of esters is 1. The van der Waals surface area contributed by atoms with Gasteiger partial charge in [0.15, 0.2) is 0 Å². The number of carbonyl (C=O) groups excluding carboxylic acids is 2. The summed E-state index contributed by atoms with van der Waals surface area (Å²) in [6.07, 6.45) is -0.729. The second-order valence-electron chi connectivity index (χ2n) is 7.17. The SMILES string of the molecule is CC(C)OC(=O)CC(NC(=O)c1cc(-c2cccc(F)c2)no1)c1ccccc1[N+](=O)[O-]. The van der Waals surface area contributed by atoms with Crippen molar-refractivity contribution < 1.29 is 28.2 Å². The van der Waals surface area contributed by atoms with Crippen molar-refractivity contribution in [2.75, 3.05) is 0 Å². The van der Waals surface area contributed by atoms with Crippen LogP contribution in [0.4, 0.5) is 10.1 Å². The minimum atomic E-state index is -1.06. The number of benzene rings is 2. The van der Waals surface area contributed by atoms with Crippen LogP contribution in [0.5, 0.6) is 0 Å². The average Bonchev–Trinajstić information content (AvgIpc) is 3.23. The van der Waals surface area contributed by atoms with Gasteiger partial charge in [0, 0.05) is 17.7 Å². The van der Waals surface area contributed by atoms with Crippen LogP contribution in [0, 0.1) is 15.9 Å². The molecule has 1 amide bonds. The van der Waals surface area contributed by atoms with E-state index in [-0.39, 0.29) is 29.1 Å². The summed E-state index contributed by atoms with van der Waals surface area (Å²) in [6.45, 7) is 3.33. The van der Waals surface area contributed by atoms with Crippen molar-refractivity contribution in [3.63, 3.8) is 0 Å². The fourth-order valence-corrected chi connectivity index (χ4v) is 3.06. The van der Waals surface area contributed by atoms with Gasteiger partial charge in [0.1, 0.15) is 11.5 Å². The van der Waals surface area contributed by atoms with Crippen LogP contribution in [0.3, 0.4) is 0 Å². The van der Waals surface area contributed by atoms with Gasteiger partial charge < -0.3 is 14.6 Å². The molecule has 9 nitrogen and oxygen atoms in total. The smallest absolute Gasteiger partial charge is 0.308 e. The Morgan fingerprint density at radius 2 is 1.94 bits per heavy atom. The van der Waals surface area contributed by atoms with E-state index in [2.05, 4.69) is 10.5 Å². The summed E-state index contributed by atoms with van der Waals surface area (Å²) in [5, 5.41) is 17.8. The van der Waals surface area contributed by atoms with Gasteiger partial charge in [0.25, 0.3) is 11.6 Å². The second kappa shape index (κ2) is 9.82. The number of hydrogen-bond donors (Lipinski definition) is 1. The Kier molecular flexibility index (Phi) is 6.93. The largest absolute Gasteiger partial charge is 0.463 e. The summed E-state index contributed by atoms with van der Waals surface area (Å²) in [5.74, 6) is -2.07. The quantitative estimate of drug-likeness (QED) is 0.315. The third kappa shape index (κ3) is 5.54. The highest BCUT2D eigenvalue weighted by Gasteiger charge is 2.28. The highest BCUT2D eigenvalue weighted by atomic mass is 19.1. The molecule has 0 saturated heterocycles. The molecule has 0 bridgehead atoms. The number of halogens is 1. The lowest BCUT2D eigenvalue weighted by Crippen LogP contribution is -2.31. The number of nitrogens with one attached hydrogen (secondary N) is 1. The predicted molar refractivity (Wildman–Crippen MR) is 111 cm³/mol. The van der Waals surface area contributed by atoms with Gasteiger partial charge in [-0.2, -0.15) is 0 Å². The zero-order valence-electron chi connectivity index (χ0n) is 17.3. The topological polar surface area (TPSA) is 125 Å². The predicted octanol–water partition coefficient (Wildman–Crippen LogP) is 4.20. The van der Waals surface area contributed by atoms with Crippen LogP contribution in [-0.2, 0) is 9.53 Å². The summed E-state index contributed by atoms with van der Waals surface area (Å²) < 4.78 is 23.7. The molecular formula is C22H20FN3O6. The average molecular weight is 441 g/mol. The molecule has 3 rings (SSSR count). The van der Waals surface area contributed by atoms with Crippen molar-refractivity contribution in [3.05, 3.63) is 81.9 Å². The first-order chi connectivity index (χ1) is 15.2. The minimum absolute atomic E-state index is 0.136. The van der Waals surface area contributed by atoms with E-state index in [4.69, 9.17) is 9.26 Å². The normalized spacial score (nSPS) is 11.8. The van der Waals surface area contributed by atoms with Gasteiger partial charge >= 0.3 is 5.97 Å². The van der Waals surface area contributed by atoms with E-state index >= 15 is 0 Å². The van der Waals surface area contributed by atoms with E-state index in [1.807, 2.05) is 0 Å². The molecule has 10 heteroatoms. The number of ether oxygens (including phenoxy) is 1. The van der Waals surface area contributed by atoms with Crippen LogP contribution in [0.1, 0.15) is 42.4 Å². The Hall–Kier alpha value is -4.08. The standard InChI is InChI=1S/C22H20FN3O6/c1-13(2)31-21(27)12-18(16-8-3-4-9-19(16)26(29)30)24-22(28)20-11-17(25-32-20)14-6-5-7-15(23)10-14/h3-11,13,18H,12H2,1-2H3,(H,24,28). The maximum Gasteiger partial charge on any atom is 0.308 e. The van der Waals surface area contributed by atoms with Gasteiger partial charge in [-0.3, -0.25) is 19.7 Å². The van der Waals surface area contributed by atoms with Crippen molar-refractivity contribution in [2.45, 2.75) is 32.4 Å². The number of para-hydroxylation sites is 1. The molecule has 1 heterocycles. The number of amides is 1. The van der Waals surface area contributed by atoms with E-state index in [9.17, 15) is 24.1 Å². The molecule has 0 aliphatic heterocycles. The first kappa shape index (κ1) is 22.6. The number of nitro benzene ring substituents is 1. The third-order valence-corrected chi connectivity index (χ3v) is 4.41. The van der Waals surface area contributed by atoms with Gasteiger partial charge in [0.05, 0.1) is 29.1 Å². The number of rotatable bonds is 8. The fraction of sp³-hybridized carbons (Fsp3) is 0.227. The summed E-state index contributed by atoms with van der Waals surface area (Å²) in [5.41, 5.74) is 0.518. The lowest BCUT2D eigenvalue weighted by molar-refractivity contribution is -0.385. The minimum Gasteiger partial charge on any atom is -0.463 e. The van der Waals surface area contributed by atoms with E-state index < -0.39 is 34.8 Å². The molecule has 1 atom stereocenters. The number of nitrogens with zero attached hydrogens (tertiary/aromatic N) is 2. The zero-order chi connectivity index (χ0) is 23.3. The molecule has 2 aromatic carbocycles. The van der Waals surface area contributed by atoms with Crippen molar-refractivity contribution >= 4 is 17.6 Å². The van der Waals surface area contributed by atoms with E-state index in [0.29, 0.717) is 5.56 Å². The molecule has 0 aliphatic carbocycles. The van der Waals surface area contributed by atoms with Crippen LogP contribution < -0.4 is 5.32 Å². The highest BCUT2D eigenvalue weighted by Crippen LogP contribution is 2.28. The molecule has 0 aliphatic rings. The monoisotopic (exact) mass is 441 g/mol. The Morgan fingerprint density at radius 1 is 1.19 bits per heavy atom. The lowest BCUT2D eigenvalue weighted by atomic mass is 10.0. The summed E-state index contributed by atoms with van der Waals surface area (Å²) in [7, 11) is 0. The number of hydrogen-bond acceptors (Lipinski definition) is 7. The Bertz CT molecular complexity index is 1140. The van der Waals surface area contributed by atoms with Crippen molar-refractivity contribution in [1.82, 2.24) is 10.5 Å². The maximum atomic E-state index is 13.5. The molecule has 0 fully saturated rings.